The standard InChI is InChI=1S/C22H21N7O/c1-15-3-5-18(6-4-15)27-22(30)28-19-9-7-17(8-10-19)26-20-13-21(25-14-24-20)29-12-11-23-16(29)2/h3-14H,1-2H3,(H,24,25,26)(H2,27,28,30). The third-order valence-corrected chi connectivity index (χ3v) is 4.45. The highest BCUT2D eigenvalue weighted by Crippen LogP contribution is 2.19. The van der Waals surface area contributed by atoms with Gasteiger partial charge in [0.15, 0.2) is 0 Å². The van der Waals surface area contributed by atoms with Gasteiger partial charge in [-0.1, -0.05) is 17.7 Å². The van der Waals surface area contributed by atoms with Crippen LogP contribution in [0.25, 0.3) is 5.82 Å². The molecule has 2 aromatic carbocycles. The second-order valence-corrected chi connectivity index (χ2v) is 6.75. The van der Waals surface area contributed by atoms with Crippen LogP contribution in [0.3, 0.4) is 0 Å². The predicted octanol–water partition coefficient (Wildman–Crippen LogP) is 4.67. The molecule has 8 heteroatoms. The molecule has 0 unspecified atom stereocenters. The van der Waals surface area contributed by atoms with Crippen LogP contribution in [0.1, 0.15) is 11.4 Å². The molecule has 2 heterocycles. The van der Waals surface area contributed by atoms with Gasteiger partial charge in [0.2, 0.25) is 0 Å². The molecule has 0 saturated heterocycles. The number of rotatable bonds is 5. The fourth-order valence-electron chi connectivity index (χ4n) is 2.88. The zero-order valence-electron chi connectivity index (χ0n) is 16.6. The van der Waals surface area contributed by atoms with Crippen molar-refractivity contribution in [3.63, 3.8) is 0 Å². The number of nitrogens with zero attached hydrogens (tertiary/aromatic N) is 4. The van der Waals surface area contributed by atoms with E-state index < -0.39 is 0 Å². The summed E-state index contributed by atoms with van der Waals surface area (Å²) in [6.07, 6.45) is 5.08. The molecule has 0 spiro atoms. The topological polar surface area (TPSA) is 96.8 Å². The summed E-state index contributed by atoms with van der Waals surface area (Å²) in [6.45, 7) is 3.91. The van der Waals surface area contributed by atoms with Crippen LogP contribution < -0.4 is 16.0 Å². The van der Waals surface area contributed by atoms with Gasteiger partial charge in [0.05, 0.1) is 0 Å². The van der Waals surface area contributed by atoms with Gasteiger partial charge in [0.1, 0.15) is 23.8 Å². The van der Waals surface area contributed by atoms with Crippen molar-refractivity contribution in [1.29, 1.82) is 0 Å². The first kappa shape index (κ1) is 19.1. The first-order valence-electron chi connectivity index (χ1n) is 9.41. The highest BCUT2D eigenvalue weighted by Gasteiger charge is 2.06. The van der Waals surface area contributed by atoms with Crippen LogP contribution in [0.15, 0.2) is 73.3 Å². The fourth-order valence-corrected chi connectivity index (χ4v) is 2.88. The van der Waals surface area contributed by atoms with E-state index in [4.69, 9.17) is 0 Å². The molecule has 8 nitrogen and oxygen atoms in total. The molecule has 2 aromatic heterocycles. The summed E-state index contributed by atoms with van der Waals surface area (Å²) in [6, 6.07) is 16.5. The summed E-state index contributed by atoms with van der Waals surface area (Å²) in [5, 5.41) is 8.86. The van der Waals surface area contributed by atoms with E-state index in [1.807, 2.05) is 79.2 Å². The molecule has 0 radical (unpaired) electrons. The highest BCUT2D eigenvalue weighted by molar-refractivity contribution is 5.99. The van der Waals surface area contributed by atoms with Gasteiger partial charge in [-0.05, 0) is 50.2 Å². The molecule has 30 heavy (non-hydrogen) atoms. The summed E-state index contributed by atoms with van der Waals surface area (Å²) in [5.74, 6) is 2.23. The van der Waals surface area contributed by atoms with Crippen molar-refractivity contribution in [2.75, 3.05) is 16.0 Å². The van der Waals surface area contributed by atoms with Gasteiger partial charge >= 0.3 is 6.03 Å². The number of aryl methyl sites for hydroxylation is 2. The summed E-state index contributed by atoms with van der Waals surface area (Å²) < 4.78 is 1.88. The van der Waals surface area contributed by atoms with Crippen molar-refractivity contribution >= 4 is 28.9 Å². The lowest BCUT2D eigenvalue weighted by Gasteiger charge is -2.10. The van der Waals surface area contributed by atoms with Crippen molar-refractivity contribution in [2.45, 2.75) is 13.8 Å². The third kappa shape index (κ3) is 4.61. The summed E-state index contributed by atoms with van der Waals surface area (Å²) >= 11 is 0. The summed E-state index contributed by atoms with van der Waals surface area (Å²) in [5.41, 5.74) is 3.40. The quantitative estimate of drug-likeness (QED) is 0.453. The second kappa shape index (κ2) is 8.44. The van der Waals surface area contributed by atoms with E-state index in [9.17, 15) is 4.79 Å². The Hall–Kier alpha value is -4.20. The Morgan fingerprint density at radius 2 is 1.47 bits per heavy atom. The molecule has 0 aliphatic rings. The maximum atomic E-state index is 12.2. The van der Waals surface area contributed by atoms with Crippen molar-refractivity contribution in [2.24, 2.45) is 0 Å². The monoisotopic (exact) mass is 399 g/mol. The lowest BCUT2D eigenvalue weighted by atomic mass is 10.2. The van der Waals surface area contributed by atoms with Crippen LogP contribution in [0, 0.1) is 13.8 Å². The van der Waals surface area contributed by atoms with Crippen LogP contribution in [-0.2, 0) is 0 Å². The Morgan fingerprint density at radius 3 is 2.10 bits per heavy atom. The molecule has 4 rings (SSSR count). The first-order valence-corrected chi connectivity index (χ1v) is 9.41. The number of anilines is 4. The molecule has 0 bridgehead atoms. The average molecular weight is 399 g/mol. The summed E-state index contributed by atoms with van der Waals surface area (Å²) in [7, 11) is 0. The van der Waals surface area contributed by atoms with E-state index >= 15 is 0 Å². The van der Waals surface area contributed by atoms with Crippen LogP contribution in [0.2, 0.25) is 0 Å². The molecule has 0 atom stereocenters. The van der Waals surface area contributed by atoms with E-state index in [1.54, 1.807) is 6.20 Å². The van der Waals surface area contributed by atoms with Gasteiger partial charge in [-0.2, -0.15) is 0 Å². The smallest absolute Gasteiger partial charge is 0.323 e. The second-order valence-electron chi connectivity index (χ2n) is 6.75. The molecular formula is C22H21N7O. The van der Waals surface area contributed by atoms with Gasteiger partial charge in [-0.3, -0.25) is 4.57 Å². The molecule has 0 aliphatic carbocycles. The average Bonchev–Trinajstić information content (AvgIpc) is 3.17. The van der Waals surface area contributed by atoms with E-state index in [-0.39, 0.29) is 6.03 Å². The molecule has 0 aliphatic heterocycles. The van der Waals surface area contributed by atoms with Gasteiger partial charge < -0.3 is 16.0 Å². The van der Waals surface area contributed by atoms with Crippen molar-refractivity contribution in [3.05, 3.63) is 84.7 Å². The minimum absolute atomic E-state index is 0.296. The maximum absolute atomic E-state index is 12.2. The number of hydrogen-bond donors (Lipinski definition) is 3. The fraction of sp³-hybridized carbons (Fsp3) is 0.0909. The van der Waals surface area contributed by atoms with E-state index in [2.05, 4.69) is 30.9 Å². The van der Waals surface area contributed by atoms with Gasteiger partial charge in [0.25, 0.3) is 0 Å². The van der Waals surface area contributed by atoms with Crippen molar-refractivity contribution in [1.82, 2.24) is 19.5 Å². The van der Waals surface area contributed by atoms with E-state index in [1.165, 1.54) is 6.33 Å². The molecular weight excluding hydrogens is 378 g/mol. The Labute approximate surface area is 174 Å². The zero-order chi connectivity index (χ0) is 20.9. The van der Waals surface area contributed by atoms with Crippen LogP contribution in [-0.4, -0.2) is 25.6 Å². The largest absolute Gasteiger partial charge is 0.340 e. The lowest BCUT2D eigenvalue weighted by Crippen LogP contribution is -2.19. The Balaban J connectivity index is 1.38. The number of imidazole rings is 1. The molecule has 150 valence electrons. The van der Waals surface area contributed by atoms with Crippen LogP contribution in [0.4, 0.5) is 27.7 Å². The minimum Gasteiger partial charge on any atom is -0.340 e. The molecule has 2 amide bonds. The normalized spacial score (nSPS) is 10.5. The van der Waals surface area contributed by atoms with Crippen molar-refractivity contribution < 1.29 is 4.79 Å². The predicted molar refractivity (Wildman–Crippen MR) is 117 cm³/mol. The molecule has 0 saturated carbocycles. The van der Waals surface area contributed by atoms with Crippen LogP contribution in [0.5, 0.6) is 0 Å². The highest BCUT2D eigenvalue weighted by atomic mass is 16.2. The maximum Gasteiger partial charge on any atom is 0.323 e. The van der Waals surface area contributed by atoms with E-state index in [0.29, 0.717) is 11.5 Å². The Morgan fingerprint density at radius 1 is 0.833 bits per heavy atom. The van der Waals surface area contributed by atoms with Gasteiger partial charge in [-0.15, -0.1) is 0 Å². The van der Waals surface area contributed by atoms with Crippen molar-refractivity contribution in [3.8, 4) is 5.82 Å². The number of benzene rings is 2. The Kier molecular flexibility index (Phi) is 5.38. The van der Waals surface area contributed by atoms with Crippen LogP contribution >= 0.6 is 0 Å². The number of carbonyl (C=O) groups excluding carboxylic acids is 1. The van der Waals surface area contributed by atoms with Gasteiger partial charge in [-0.25, -0.2) is 19.7 Å². The molecule has 4 aromatic rings. The SMILES string of the molecule is Cc1ccc(NC(=O)Nc2ccc(Nc3cc(-n4ccnc4C)ncn3)cc2)cc1. The number of urea groups is 1. The molecule has 0 fully saturated rings. The lowest BCUT2D eigenvalue weighted by molar-refractivity contribution is 0.262. The number of hydrogen-bond acceptors (Lipinski definition) is 5. The molecule has 3 N–H and O–H groups in total. The number of amides is 2. The minimum atomic E-state index is -0.296. The number of carbonyl (C=O) groups is 1. The number of aromatic nitrogens is 4. The third-order valence-electron chi connectivity index (χ3n) is 4.45. The number of nitrogens with one attached hydrogen (secondary N) is 3. The zero-order valence-corrected chi connectivity index (χ0v) is 16.6. The van der Waals surface area contributed by atoms with E-state index in [0.717, 1.165) is 28.6 Å². The first-order chi connectivity index (χ1) is 14.6. The Bertz CT molecular complexity index is 1150. The van der Waals surface area contributed by atoms with Gasteiger partial charge in [0, 0.05) is 35.5 Å². The summed E-state index contributed by atoms with van der Waals surface area (Å²) in [4.78, 5) is 24.9.